The van der Waals surface area contributed by atoms with Crippen LogP contribution in [-0.4, -0.2) is 23.0 Å². The van der Waals surface area contributed by atoms with E-state index in [9.17, 15) is 18.0 Å². The lowest BCUT2D eigenvalue weighted by atomic mass is 9.89. The number of aromatic nitrogens is 1. The van der Waals surface area contributed by atoms with Crippen LogP contribution in [0.1, 0.15) is 71.4 Å². The van der Waals surface area contributed by atoms with Gasteiger partial charge in [-0.3, -0.25) is 4.79 Å². The van der Waals surface area contributed by atoms with E-state index < -0.39 is 11.9 Å². The largest absolute Gasteiger partial charge is 0.433 e. The molecule has 0 saturated heterocycles. The van der Waals surface area contributed by atoms with Crippen LogP contribution < -0.4 is 10.6 Å². The molecule has 2 aliphatic carbocycles. The van der Waals surface area contributed by atoms with Crippen LogP contribution in [0.3, 0.4) is 0 Å². The molecule has 33 heavy (non-hydrogen) atoms. The standard InChI is InChI=1S/C24H28F3N3O.2H2S/c1-15-12-21(14-22(28-15)24(25,26)27)29-19-8-10-20(11-9-19)30-23(31)18-7-6-16-4-2-3-5-17(16)13-18;;/h6-7,12-14,19-20H,2-5,8-11H2,1H3,(H,28,29)(H,30,31);2*1H2. The minimum absolute atomic E-state index is 0. The number of anilines is 1. The Morgan fingerprint density at radius 3 is 2.24 bits per heavy atom. The number of aryl methyl sites for hydroxylation is 3. The van der Waals surface area contributed by atoms with E-state index in [-0.39, 0.29) is 45.0 Å². The van der Waals surface area contributed by atoms with Crippen LogP contribution in [-0.2, 0) is 19.0 Å². The fraction of sp³-hybridized carbons (Fsp3) is 0.500. The van der Waals surface area contributed by atoms with Crippen molar-refractivity contribution < 1.29 is 18.0 Å². The number of hydrogen-bond acceptors (Lipinski definition) is 3. The third-order valence-corrected chi connectivity index (χ3v) is 6.29. The van der Waals surface area contributed by atoms with E-state index in [4.69, 9.17) is 0 Å². The summed E-state index contributed by atoms with van der Waals surface area (Å²) in [7, 11) is 0. The molecule has 1 heterocycles. The van der Waals surface area contributed by atoms with E-state index in [1.165, 1.54) is 24.0 Å². The van der Waals surface area contributed by atoms with Gasteiger partial charge in [0.05, 0.1) is 0 Å². The van der Waals surface area contributed by atoms with Gasteiger partial charge in [-0.1, -0.05) is 6.07 Å². The van der Waals surface area contributed by atoms with E-state index in [2.05, 4.69) is 21.7 Å². The van der Waals surface area contributed by atoms with Crippen molar-refractivity contribution in [2.75, 3.05) is 5.32 Å². The van der Waals surface area contributed by atoms with Crippen molar-refractivity contribution in [1.82, 2.24) is 10.3 Å². The fourth-order valence-electron chi connectivity index (χ4n) is 4.66. The summed E-state index contributed by atoms with van der Waals surface area (Å²) in [4.78, 5) is 16.3. The van der Waals surface area contributed by atoms with Crippen LogP contribution in [0.25, 0.3) is 0 Å². The summed E-state index contributed by atoms with van der Waals surface area (Å²) in [6.45, 7) is 1.56. The Morgan fingerprint density at radius 2 is 1.58 bits per heavy atom. The molecule has 4 nitrogen and oxygen atoms in total. The van der Waals surface area contributed by atoms with E-state index in [0.29, 0.717) is 16.9 Å². The van der Waals surface area contributed by atoms with E-state index in [0.717, 1.165) is 44.6 Å². The third kappa shape index (κ3) is 7.06. The molecule has 0 bridgehead atoms. The molecule has 1 aromatic heterocycles. The number of carbonyl (C=O) groups excluding carboxylic acids is 1. The van der Waals surface area contributed by atoms with Gasteiger partial charge in [-0.25, -0.2) is 4.98 Å². The maximum Gasteiger partial charge on any atom is 0.433 e. The number of alkyl halides is 3. The summed E-state index contributed by atoms with van der Waals surface area (Å²) in [5, 5.41) is 6.36. The Bertz CT molecular complexity index is 960. The summed E-state index contributed by atoms with van der Waals surface area (Å²) >= 11 is 0. The number of halogens is 3. The summed E-state index contributed by atoms with van der Waals surface area (Å²) in [5.74, 6) is -0.0376. The number of benzene rings is 1. The van der Waals surface area contributed by atoms with Gasteiger partial charge in [0.1, 0.15) is 5.69 Å². The summed E-state index contributed by atoms with van der Waals surface area (Å²) < 4.78 is 39.0. The van der Waals surface area contributed by atoms with Gasteiger partial charge >= 0.3 is 6.18 Å². The number of pyridine rings is 1. The van der Waals surface area contributed by atoms with Crippen LogP contribution in [0.5, 0.6) is 0 Å². The van der Waals surface area contributed by atoms with Gasteiger partial charge < -0.3 is 10.6 Å². The molecule has 0 spiro atoms. The molecular formula is C24H32F3N3OS2. The molecule has 0 atom stereocenters. The maximum absolute atomic E-state index is 13.0. The summed E-state index contributed by atoms with van der Waals surface area (Å²) in [5.41, 5.74) is 3.27. The van der Waals surface area contributed by atoms with Gasteiger partial charge in [0, 0.05) is 29.0 Å². The van der Waals surface area contributed by atoms with Crippen molar-refractivity contribution in [3.8, 4) is 0 Å². The van der Waals surface area contributed by atoms with E-state index in [1.807, 2.05) is 12.1 Å². The quantitative estimate of drug-likeness (QED) is 0.570. The highest BCUT2D eigenvalue weighted by molar-refractivity contribution is 7.59. The lowest BCUT2D eigenvalue weighted by molar-refractivity contribution is -0.141. The first-order valence-electron chi connectivity index (χ1n) is 11.0. The summed E-state index contributed by atoms with van der Waals surface area (Å²) in [6, 6.07) is 8.90. The average molecular weight is 500 g/mol. The van der Waals surface area contributed by atoms with Gasteiger partial charge in [0.15, 0.2) is 0 Å². The highest BCUT2D eigenvalue weighted by Gasteiger charge is 2.33. The van der Waals surface area contributed by atoms with Crippen molar-refractivity contribution in [3.63, 3.8) is 0 Å². The van der Waals surface area contributed by atoms with Gasteiger partial charge in [0.2, 0.25) is 0 Å². The molecule has 2 aromatic rings. The molecule has 2 N–H and O–H groups in total. The Hall–Kier alpha value is -1.87. The van der Waals surface area contributed by atoms with Crippen molar-refractivity contribution in [1.29, 1.82) is 0 Å². The highest BCUT2D eigenvalue weighted by Crippen LogP contribution is 2.31. The van der Waals surface area contributed by atoms with Crippen molar-refractivity contribution in [3.05, 3.63) is 58.4 Å². The molecule has 1 saturated carbocycles. The molecule has 9 heteroatoms. The number of rotatable bonds is 4. The first-order chi connectivity index (χ1) is 14.8. The minimum atomic E-state index is -4.46. The van der Waals surface area contributed by atoms with Gasteiger partial charge in [-0.15, -0.1) is 0 Å². The van der Waals surface area contributed by atoms with Crippen LogP contribution in [0, 0.1) is 6.92 Å². The summed E-state index contributed by atoms with van der Waals surface area (Å²) in [6.07, 6.45) is 3.24. The molecule has 0 radical (unpaired) electrons. The Labute approximate surface area is 207 Å². The smallest absolute Gasteiger partial charge is 0.382 e. The van der Waals surface area contributed by atoms with Crippen LogP contribution in [0.2, 0.25) is 0 Å². The molecular weight excluding hydrogens is 467 g/mol. The lowest BCUT2D eigenvalue weighted by Crippen LogP contribution is -2.40. The Balaban J connectivity index is 0.00000193. The normalized spacial score (nSPS) is 20.0. The Morgan fingerprint density at radius 1 is 0.939 bits per heavy atom. The van der Waals surface area contributed by atoms with Gasteiger partial charge in [0.25, 0.3) is 5.91 Å². The highest BCUT2D eigenvalue weighted by atomic mass is 32.1. The molecule has 1 amide bonds. The topological polar surface area (TPSA) is 54.0 Å². The first-order valence-corrected chi connectivity index (χ1v) is 11.0. The molecule has 4 rings (SSSR count). The monoisotopic (exact) mass is 499 g/mol. The Kier molecular flexibility index (Phi) is 9.55. The van der Waals surface area contributed by atoms with Gasteiger partial charge in [-0.2, -0.15) is 40.2 Å². The minimum Gasteiger partial charge on any atom is -0.382 e. The van der Waals surface area contributed by atoms with E-state index in [1.54, 1.807) is 13.0 Å². The SMILES string of the molecule is Cc1cc(NC2CCC(NC(=O)c3ccc4c(c3)CCCC4)CC2)cc(C(F)(F)F)n1.S.S. The number of nitrogens with one attached hydrogen (secondary N) is 2. The van der Waals surface area contributed by atoms with Crippen molar-refractivity contribution in [2.45, 2.75) is 76.6 Å². The second-order valence-electron chi connectivity index (χ2n) is 8.74. The van der Waals surface area contributed by atoms with Crippen LogP contribution >= 0.6 is 27.0 Å². The van der Waals surface area contributed by atoms with E-state index >= 15 is 0 Å². The zero-order valence-corrected chi connectivity index (χ0v) is 20.7. The molecule has 1 fully saturated rings. The predicted octanol–water partition coefficient (Wildman–Crippen LogP) is 5.67. The molecule has 0 aliphatic heterocycles. The predicted molar refractivity (Wildman–Crippen MR) is 135 cm³/mol. The fourth-order valence-corrected chi connectivity index (χ4v) is 4.66. The number of carbonyl (C=O) groups is 1. The van der Waals surface area contributed by atoms with Crippen molar-refractivity contribution >= 4 is 38.6 Å². The number of amides is 1. The number of hydrogen-bond donors (Lipinski definition) is 2. The molecule has 2 aliphatic rings. The van der Waals surface area contributed by atoms with Gasteiger partial charge in [-0.05, 0) is 93.7 Å². The zero-order chi connectivity index (χ0) is 22.0. The average Bonchev–Trinajstić information content (AvgIpc) is 2.74. The lowest BCUT2D eigenvalue weighted by Gasteiger charge is -2.30. The second kappa shape index (κ2) is 11.5. The number of fused-ring (bicyclic) bond motifs is 1. The van der Waals surface area contributed by atoms with Crippen LogP contribution in [0.4, 0.5) is 18.9 Å². The first kappa shape index (κ1) is 27.4. The molecule has 1 aromatic carbocycles. The molecule has 0 unspecified atom stereocenters. The zero-order valence-electron chi connectivity index (χ0n) is 18.7. The molecule has 182 valence electrons. The van der Waals surface area contributed by atoms with Crippen molar-refractivity contribution in [2.24, 2.45) is 0 Å². The third-order valence-electron chi connectivity index (χ3n) is 6.29. The number of nitrogens with zero attached hydrogens (tertiary/aromatic N) is 1. The maximum atomic E-state index is 13.0. The van der Waals surface area contributed by atoms with Crippen LogP contribution in [0.15, 0.2) is 30.3 Å². The second-order valence-corrected chi connectivity index (χ2v) is 8.74.